The van der Waals surface area contributed by atoms with Gasteiger partial charge in [0.05, 0.1) is 0 Å². The van der Waals surface area contributed by atoms with Gasteiger partial charge in [-0.3, -0.25) is 0 Å². The predicted octanol–water partition coefficient (Wildman–Crippen LogP) is 0.366. The molecule has 0 spiro atoms. The smallest absolute Gasteiger partial charge is 0.339 e. The highest BCUT2D eigenvalue weighted by molar-refractivity contribution is 5.92. The van der Waals surface area contributed by atoms with Crippen molar-refractivity contribution in [3.63, 3.8) is 0 Å². The third kappa shape index (κ3) is 1.25. The molecule has 0 radical (unpaired) electrons. The normalized spacial score (nSPS) is 17.1. The molecule has 1 heterocycles. The fraction of sp³-hybridized carbons (Fsp3) is 0.286. The molecule has 1 aliphatic rings. The Bertz CT molecular complexity index is 203. The van der Waals surface area contributed by atoms with Crippen molar-refractivity contribution in [2.24, 2.45) is 0 Å². The molecule has 0 fully saturated rings. The minimum Gasteiger partial charge on any atom is -0.424 e. The molecule has 1 N–H and O–H groups in total. The molecule has 0 atom stereocenters. The van der Waals surface area contributed by atoms with Crippen LogP contribution in [0.2, 0.25) is 0 Å². The first-order valence-electron chi connectivity index (χ1n) is 2.96. The first-order valence-corrected chi connectivity index (χ1v) is 2.96. The number of cyclic esters (lactones) is 1. The first kappa shape index (κ1) is 7.02. The molecule has 0 bridgehead atoms. The number of ether oxygens (including phenoxy) is 1. The molecule has 0 aliphatic carbocycles. The summed E-state index contributed by atoms with van der Waals surface area (Å²) >= 11 is 0. The summed E-state index contributed by atoms with van der Waals surface area (Å²) in [6, 6.07) is 0. The first-order chi connectivity index (χ1) is 4.74. The molecule has 1 rings (SSSR count). The summed E-state index contributed by atoms with van der Waals surface area (Å²) in [6.07, 6.45) is 1.89. The summed E-state index contributed by atoms with van der Waals surface area (Å²) in [5.41, 5.74) is 0.493. The van der Waals surface area contributed by atoms with E-state index in [9.17, 15) is 4.79 Å². The van der Waals surface area contributed by atoms with Gasteiger partial charge >= 0.3 is 5.97 Å². The van der Waals surface area contributed by atoms with E-state index < -0.39 is 0 Å². The summed E-state index contributed by atoms with van der Waals surface area (Å²) in [4.78, 5) is 10.7. The molecular weight excluding hydrogens is 132 g/mol. The van der Waals surface area contributed by atoms with E-state index in [0.717, 1.165) is 0 Å². The molecule has 0 aromatic heterocycles. The quantitative estimate of drug-likeness (QED) is 0.563. The van der Waals surface area contributed by atoms with Gasteiger partial charge in [-0.15, -0.1) is 0 Å². The van der Waals surface area contributed by atoms with Crippen LogP contribution in [0.15, 0.2) is 24.0 Å². The molecule has 3 nitrogen and oxygen atoms in total. The maximum Gasteiger partial charge on any atom is 0.339 e. The highest BCUT2D eigenvalue weighted by atomic mass is 16.5. The van der Waals surface area contributed by atoms with Gasteiger partial charge in [0, 0.05) is 18.6 Å². The second-order valence-electron chi connectivity index (χ2n) is 2.00. The molecule has 0 aromatic rings. The SMILES string of the molecule is C=C1C=C(CCO)C(=O)O1. The van der Waals surface area contributed by atoms with E-state index >= 15 is 0 Å². The highest BCUT2D eigenvalue weighted by Gasteiger charge is 2.18. The minimum atomic E-state index is -0.390. The monoisotopic (exact) mass is 140 g/mol. The van der Waals surface area contributed by atoms with Crippen molar-refractivity contribution in [1.82, 2.24) is 0 Å². The van der Waals surface area contributed by atoms with Crippen LogP contribution >= 0.6 is 0 Å². The Morgan fingerprint density at radius 1 is 1.70 bits per heavy atom. The van der Waals surface area contributed by atoms with Crippen molar-refractivity contribution in [1.29, 1.82) is 0 Å². The molecule has 0 unspecified atom stereocenters. The van der Waals surface area contributed by atoms with Crippen molar-refractivity contribution < 1.29 is 14.6 Å². The van der Waals surface area contributed by atoms with Crippen molar-refractivity contribution in [2.45, 2.75) is 6.42 Å². The molecule has 54 valence electrons. The largest absolute Gasteiger partial charge is 0.424 e. The fourth-order valence-corrected chi connectivity index (χ4v) is 0.762. The zero-order valence-corrected chi connectivity index (χ0v) is 5.46. The maximum absolute atomic E-state index is 10.7. The maximum atomic E-state index is 10.7. The molecular formula is C7H8O3. The van der Waals surface area contributed by atoms with E-state index in [1.807, 2.05) is 0 Å². The summed E-state index contributed by atoms with van der Waals surface area (Å²) in [6.45, 7) is 3.40. The van der Waals surface area contributed by atoms with E-state index in [0.29, 0.717) is 17.8 Å². The third-order valence-electron chi connectivity index (χ3n) is 1.20. The highest BCUT2D eigenvalue weighted by Crippen LogP contribution is 2.17. The Morgan fingerprint density at radius 3 is 2.80 bits per heavy atom. The van der Waals surface area contributed by atoms with Gasteiger partial charge in [-0.25, -0.2) is 4.79 Å². The van der Waals surface area contributed by atoms with Crippen molar-refractivity contribution >= 4 is 5.97 Å². The van der Waals surface area contributed by atoms with Crippen LogP contribution in [-0.4, -0.2) is 17.7 Å². The lowest BCUT2D eigenvalue weighted by Crippen LogP contribution is -2.00. The van der Waals surface area contributed by atoms with Crippen LogP contribution in [0.3, 0.4) is 0 Å². The van der Waals surface area contributed by atoms with E-state index in [1.54, 1.807) is 6.08 Å². The summed E-state index contributed by atoms with van der Waals surface area (Å²) in [5.74, 6) is -0.0347. The lowest BCUT2D eigenvalue weighted by molar-refractivity contribution is -0.133. The topological polar surface area (TPSA) is 46.5 Å². The number of aliphatic hydroxyl groups is 1. The minimum absolute atomic E-state index is 0.0335. The third-order valence-corrected chi connectivity index (χ3v) is 1.20. The number of allylic oxidation sites excluding steroid dienone is 1. The van der Waals surface area contributed by atoms with Gasteiger partial charge in [-0.1, -0.05) is 6.58 Å². The number of carbonyl (C=O) groups excluding carboxylic acids is 1. The van der Waals surface area contributed by atoms with Crippen LogP contribution in [0, 0.1) is 0 Å². The Morgan fingerprint density at radius 2 is 2.40 bits per heavy atom. The number of esters is 1. The second kappa shape index (κ2) is 2.66. The molecule has 0 saturated carbocycles. The number of hydrogen-bond acceptors (Lipinski definition) is 3. The number of aliphatic hydroxyl groups excluding tert-OH is 1. The lowest BCUT2D eigenvalue weighted by atomic mass is 10.2. The van der Waals surface area contributed by atoms with Crippen LogP contribution in [0.1, 0.15) is 6.42 Å². The van der Waals surface area contributed by atoms with E-state index in [2.05, 4.69) is 11.3 Å². The molecule has 0 aromatic carbocycles. The van der Waals surface area contributed by atoms with Crippen LogP contribution in [0.5, 0.6) is 0 Å². The number of hydrogen-bond donors (Lipinski definition) is 1. The average molecular weight is 140 g/mol. The summed E-state index contributed by atoms with van der Waals surface area (Å²) in [7, 11) is 0. The van der Waals surface area contributed by atoms with Crippen LogP contribution in [-0.2, 0) is 9.53 Å². The lowest BCUT2D eigenvalue weighted by Gasteiger charge is -1.92. The van der Waals surface area contributed by atoms with Crippen molar-refractivity contribution in [3.05, 3.63) is 24.0 Å². The predicted molar refractivity (Wildman–Crippen MR) is 35.0 cm³/mol. The number of rotatable bonds is 2. The van der Waals surface area contributed by atoms with Gasteiger partial charge < -0.3 is 9.84 Å². The molecule has 3 heteroatoms. The zero-order valence-electron chi connectivity index (χ0n) is 5.46. The van der Waals surface area contributed by atoms with Crippen molar-refractivity contribution in [3.8, 4) is 0 Å². The van der Waals surface area contributed by atoms with E-state index in [-0.39, 0.29) is 12.6 Å². The van der Waals surface area contributed by atoms with E-state index in [4.69, 9.17) is 5.11 Å². The Labute approximate surface area is 58.6 Å². The summed E-state index contributed by atoms with van der Waals surface area (Å²) in [5, 5.41) is 8.45. The Kier molecular flexibility index (Phi) is 1.87. The Hall–Kier alpha value is -1.09. The van der Waals surface area contributed by atoms with E-state index in [1.165, 1.54) is 0 Å². The molecule has 0 amide bonds. The Balaban J connectivity index is 2.65. The van der Waals surface area contributed by atoms with Gasteiger partial charge in [0.15, 0.2) is 0 Å². The van der Waals surface area contributed by atoms with Crippen LogP contribution in [0.4, 0.5) is 0 Å². The molecule has 0 saturated heterocycles. The number of carbonyl (C=O) groups is 1. The van der Waals surface area contributed by atoms with Crippen molar-refractivity contribution in [2.75, 3.05) is 6.61 Å². The standard InChI is InChI=1S/C7H8O3/c1-5-4-6(2-3-8)7(9)10-5/h4,8H,1-3H2. The van der Waals surface area contributed by atoms with Crippen LogP contribution < -0.4 is 0 Å². The average Bonchev–Trinajstić information content (AvgIpc) is 2.13. The van der Waals surface area contributed by atoms with Gasteiger partial charge in [-0.2, -0.15) is 0 Å². The fourth-order valence-electron chi connectivity index (χ4n) is 0.762. The second-order valence-corrected chi connectivity index (χ2v) is 2.00. The summed E-state index contributed by atoms with van der Waals surface area (Å²) < 4.78 is 4.59. The molecule has 10 heavy (non-hydrogen) atoms. The van der Waals surface area contributed by atoms with Gasteiger partial charge in [0.1, 0.15) is 5.76 Å². The van der Waals surface area contributed by atoms with Gasteiger partial charge in [-0.05, 0) is 6.08 Å². The van der Waals surface area contributed by atoms with Crippen LogP contribution in [0.25, 0.3) is 0 Å². The van der Waals surface area contributed by atoms with Gasteiger partial charge in [0.2, 0.25) is 0 Å². The molecule has 1 aliphatic heterocycles. The van der Waals surface area contributed by atoms with Gasteiger partial charge in [0.25, 0.3) is 0 Å². The zero-order chi connectivity index (χ0) is 7.56.